The Morgan fingerprint density at radius 3 is 2.64 bits per heavy atom. The maximum absolute atomic E-state index is 5.87. The number of anilines is 1. The molecule has 0 aromatic carbocycles. The average Bonchev–Trinajstić information content (AvgIpc) is 3.12. The number of rotatable bonds is 7. The van der Waals surface area contributed by atoms with Crippen LogP contribution in [-0.2, 0) is 4.74 Å². The van der Waals surface area contributed by atoms with Gasteiger partial charge in [0.25, 0.3) is 0 Å². The van der Waals surface area contributed by atoms with Crippen LogP contribution in [0.5, 0.6) is 0 Å². The first-order chi connectivity index (χ1) is 12.1. The van der Waals surface area contributed by atoms with E-state index in [1.807, 2.05) is 0 Å². The van der Waals surface area contributed by atoms with Crippen molar-refractivity contribution in [2.45, 2.75) is 37.7 Å². The first-order valence-electron chi connectivity index (χ1n) is 9.63. The summed E-state index contributed by atoms with van der Waals surface area (Å²) in [6, 6.07) is 2.22. The number of likely N-dealkylation sites (N-methyl/N-ethyl adjacent to an activating group) is 1. The molecule has 0 N–H and O–H groups in total. The zero-order valence-electron chi connectivity index (χ0n) is 16.0. The number of nitrogens with zero attached hydrogens (tertiary/aromatic N) is 5. The molecular weight excluding hydrogens is 314 g/mol. The molecule has 0 unspecified atom stereocenters. The van der Waals surface area contributed by atoms with E-state index in [-0.39, 0.29) is 0 Å². The van der Waals surface area contributed by atoms with Gasteiger partial charge in [0.15, 0.2) is 0 Å². The molecule has 2 saturated heterocycles. The van der Waals surface area contributed by atoms with Gasteiger partial charge in [-0.2, -0.15) is 0 Å². The quantitative estimate of drug-likeness (QED) is 0.750. The molecule has 0 aliphatic carbocycles. The van der Waals surface area contributed by atoms with Crippen LogP contribution in [0.4, 0.5) is 5.82 Å². The van der Waals surface area contributed by atoms with Crippen LogP contribution >= 0.6 is 0 Å². The molecule has 2 fully saturated rings. The first kappa shape index (κ1) is 18.5. The first-order valence-corrected chi connectivity index (χ1v) is 9.63. The lowest BCUT2D eigenvalue weighted by molar-refractivity contribution is 0.115. The van der Waals surface area contributed by atoms with E-state index in [0.29, 0.717) is 12.0 Å². The Kier molecular flexibility index (Phi) is 6.62. The summed E-state index contributed by atoms with van der Waals surface area (Å²) in [7, 11) is 6.44. The lowest BCUT2D eigenvalue weighted by atomic mass is 9.93. The summed E-state index contributed by atoms with van der Waals surface area (Å²) in [6.45, 7) is 6.13. The van der Waals surface area contributed by atoms with E-state index in [2.05, 4.69) is 51.9 Å². The topological polar surface area (TPSA) is 44.7 Å². The van der Waals surface area contributed by atoms with Crippen molar-refractivity contribution >= 4 is 5.82 Å². The highest BCUT2D eigenvalue weighted by Gasteiger charge is 2.23. The summed E-state index contributed by atoms with van der Waals surface area (Å²) in [6.07, 6.45) is 6.81. The molecular formula is C19H33N5O. The third-order valence-electron chi connectivity index (χ3n) is 5.40. The Hall–Kier alpha value is -1.24. The van der Waals surface area contributed by atoms with Crippen molar-refractivity contribution in [2.75, 3.05) is 65.4 Å². The third-order valence-corrected chi connectivity index (χ3v) is 5.40. The van der Waals surface area contributed by atoms with Gasteiger partial charge in [0, 0.05) is 43.9 Å². The normalized spacial score (nSPS) is 22.6. The van der Waals surface area contributed by atoms with E-state index >= 15 is 0 Å². The van der Waals surface area contributed by atoms with Crippen LogP contribution in [0.1, 0.15) is 37.3 Å². The lowest BCUT2D eigenvalue weighted by Crippen LogP contribution is -2.38. The van der Waals surface area contributed by atoms with Crippen LogP contribution in [0.25, 0.3) is 0 Å². The van der Waals surface area contributed by atoms with Crippen molar-refractivity contribution < 1.29 is 4.74 Å². The third kappa shape index (κ3) is 5.36. The second-order valence-electron chi connectivity index (χ2n) is 7.76. The average molecular weight is 348 g/mol. The molecule has 0 spiro atoms. The minimum atomic E-state index is 0.337. The minimum Gasteiger partial charge on any atom is -0.376 e. The highest BCUT2D eigenvalue weighted by Crippen LogP contribution is 2.28. The molecule has 1 aromatic heterocycles. The highest BCUT2D eigenvalue weighted by atomic mass is 16.5. The second-order valence-corrected chi connectivity index (χ2v) is 7.76. The van der Waals surface area contributed by atoms with Crippen molar-refractivity contribution in [3.05, 3.63) is 18.1 Å². The van der Waals surface area contributed by atoms with Crippen molar-refractivity contribution in [1.29, 1.82) is 0 Å². The zero-order chi connectivity index (χ0) is 17.6. The fraction of sp³-hybridized carbons (Fsp3) is 0.789. The lowest BCUT2D eigenvalue weighted by Gasteiger charge is -2.30. The Balaban J connectivity index is 1.71. The van der Waals surface area contributed by atoms with Crippen molar-refractivity contribution in [3.63, 3.8) is 0 Å². The number of aromatic nitrogens is 2. The van der Waals surface area contributed by atoms with E-state index in [4.69, 9.17) is 4.74 Å². The van der Waals surface area contributed by atoms with E-state index in [1.165, 1.54) is 25.0 Å². The van der Waals surface area contributed by atoms with Gasteiger partial charge in [0.05, 0.1) is 6.10 Å². The predicted molar refractivity (Wildman–Crippen MR) is 101 cm³/mol. The standard InChI is InChI=1S/C19H33N5O/c1-22(2)10-11-24(14-17-5-4-12-25-17)19-13-18(20-15-21-19)16-6-8-23(3)9-7-16/h13,15-17H,4-12,14H2,1-3H3/t17-/m0/s1. The summed E-state index contributed by atoms with van der Waals surface area (Å²) in [4.78, 5) is 16.2. The monoisotopic (exact) mass is 347 g/mol. The molecule has 140 valence electrons. The van der Waals surface area contributed by atoms with Gasteiger partial charge in [-0.15, -0.1) is 0 Å². The van der Waals surface area contributed by atoms with Gasteiger partial charge >= 0.3 is 0 Å². The molecule has 1 atom stereocenters. The molecule has 3 rings (SSSR count). The minimum absolute atomic E-state index is 0.337. The van der Waals surface area contributed by atoms with E-state index < -0.39 is 0 Å². The summed E-state index contributed by atoms with van der Waals surface area (Å²) < 4.78 is 5.87. The van der Waals surface area contributed by atoms with Gasteiger partial charge < -0.3 is 19.4 Å². The van der Waals surface area contributed by atoms with Crippen molar-refractivity contribution in [2.24, 2.45) is 0 Å². The van der Waals surface area contributed by atoms with Crippen LogP contribution in [-0.4, -0.2) is 86.3 Å². The molecule has 3 heterocycles. The van der Waals surface area contributed by atoms with Crippen LogP contribution in [0.15, 0.2) is 12.4 Å². The number of piperidine rings is 1. The Labute approximate surface area is 152 Å². The second kappa shape index (κ2) is 8.92. The molecule has 2 aliphatic heterocycles. The van der Waals surface area contributed by atoms with Gasteiger partial charge in [-0.05, 0) is 59.9 Å². The van der Waals surface area contributed by atoms with Crippen molar-refractivity contribution in [3.8, 4) is 0 Å². The molecule has 6 nitrogen and oxygen atoms in total. The van der Waals surface area contributed by atoms with Gasteiger partial charge in [-0.3, -0.25) is 0 Å². The van der Waals surface area contributed by atoms with Crippen molar-refractivity contribution in [1.82, 2.24) is 19.8 Å². The molecule has 0 radical (unpaired) electrons. The summed E-state index contributed by atoms with van der Waals surface area (Å²) in [5.74, 6) is 1.62. The van der Waals surface area contributed by atoms with E-state index in [0.717, 1.165) is 51.6 Å². The highest BCUT2D eigenvalue weighted by molar-refractivity contribution is 5.40. The number of likely N-dealkylation sites (tertiary alicyclic amines) is 1. The fourth-order valence-electron chi connectivity index (χ4n) is 3.72. The van der Waals surface area contributed by atoms with E-state index in [1.54, 1.807) is 6.33 Å². The van der Waals surface area contributed by atoms with Crippen LogP contribution in [0.3, 0.4) is 0 Å². The predicted octanol–water partition coefficient (Wildman–Crippen LogP) is 1.83. The molecule has 0 amide bonds. The Morgan fingerprint density at radius 2 is 1.96 bits per heavy atom. The molecule has 1 aromatic rings. The number of hydrogen-bond donors (Lipinski definition) is 0. The van der Waals surface area contributed by atoms with Gasteiger partial charge in [0.2, 0.25) is 0 Å². The largest absolute Gasteiger partial charge is 0.376 e. The van der Waals surface area contributed by atoms with E-state index in [9.17, 15) is 0 Å². The molecule has 0 bridgehead atoms. The van der Waals surface area contributed by atoms with Crippen LogP contribution < -0.4 is 4.90 Å². The summed E-state index contributed by atoms with van der Waals surface area (Å²) >= 11 is 0. The number of ether oxygens (including phenoxy) is 1. The summed E-state index contributed by atoms with van der Waals surface area (Å²) in [5.41, 5.74) is 1.21. The zero-order valence-corrected chi connectivity index (χ0v) is 16.0. The maximum Gasteiger partial charge on any atom is 0.132 e. The Morgan fingerprint density at radius 1 is 1.16 bits per heavy atom. The smallest absolute Gasteiger partial charge is 0.132 e. The Bertz CT molecular complexity index is 524. The van der Waals surface area contributed by atoms with Gasteiger partial charge in [0.1, 0.15) is 12.1 Å². The fourth-order valence-corrected chi connectivity index (χ4v) is 3.72. The SMILES string of the molecule is CN(C)CCN(C[C@@H]1CCCO1)c1cc(C2CCN(C)CC2)ncn1. The van der Waals surface area contributed by atoms with Gasteiger partial charge in [-0.25, -0.2) is 9.97 Å². The van der Waals surface area contributed by atoms with Crippen LogP contribution in [0.2, 0.25) is 0 Å². The van der Waals surface area contributed by atoms with Crippen LogP contribution in [0, 0.1) is 0 Å². The molecule has 0 saturated carbocycles. The number of hydrogen-bond acceptors (Lipinski definition) is 6. The van der Waals surface area contributed by atoms with Gasteiger partial charge in [-0.1, -0.05) is 0 Å². The molecule has 2 aliphatic rings. The molecule has 25 heavy (non-hydrogen) atoms. The molecule has 6 heteroatoms. The maximum atomic E-state index is 5.87. The summed E-state index contributed by atoms with van der Waals surface area (Å²) in [5, 5.41) is 0.